The number of benzene rings is 1. The first-order valence-corrected chi connectivity index (χ1v) is 6.73. The van der Waals surface area contributed by atoms with Crippen LogP contribution in [-0.2, 0) is 0 Å². The van der Waals surface area contributed by atoms with Gasteiger partial charge in [0.25, 0.3) is 0 Å². The Morgan fingerprint density at radius 2 is 1.81 bits per heavy atom. The maximum atomic E-state index is 13.9. The molecule has 0 saturated carbocycles. The summed E-state index contributed by atoms with van der Waals surface area (Å²) < 4.78 is 26.9. The number of nitrogens with one attached hydrogen (secondary N) is 1. The predicted molar refractivity (Wildman–Crippen MR) is 78.3 cm³/mol. The highest BCUT2D eigenvalue weighted by atomic mass is 19.1. The summed E-state index contributed by atoms with van der Waals surface area (Å²) in [5.74, 6) is -0.366. The van der Waals surface area contributed by atoms with Gasteiger partial charge in [0.15, 0.2) is 5.82 Å². The Kier molecular flexibility index (Phi) is 4.62. The molecule has 0 spiro atoms. The summed E-state index contributed by atoms with van der Waals surface area (Å²) in [4.78, 5) is 14.6. The van der Waals surface area contributed by atoms with Gasteiger partial charge in [-0.15, -0.1) is 0 Å². The lowest BCUT2D eigenvalue weighted by molar-refractivity contribution is 0.585. The zero-order chi connectivity index (χ0) is 15.4. The van der Waals surface area contributed by atoms with Crippen molar-refractivity contribution in [1.29, 1.82) is 0 Å². The molecule has 0 bridgehead atoms. The lowest BCUT2D eigenvalue weighted by Gasteiger charge is -2.19. The molecule has 0 amide bonds. The van der Waals surface area contributed by atoms with Gasteiger partial charge < -0.3 is 10.2 Å². The third-order valence-corrected chi connectivity index (χ3v) is 3.07. The number of nitrogens with zero attached hydrogens (tertiary/aromatic N) is 4. The van der Waals surface area contributed by atoms with E-state index in [-0.39, 0.29) is 11.4 Å². The fourth-order valence-electron chi connectivity index (χ4n) is 1.92. The summed E-state index contributed by atoms with van der Waals surface area (Å²) in [5.41, 5.74) is 0.142. The van der Waals surface area contributed by atoms with Crippen LogP contribution in [0.2, 0.25) is 0 Å². The zero-order valence-electron chi connectivity index (χ0n) is 12.2. The smallest absolute Gasteiger partial charge is 0.230 e. The molecule has 2 aromatic rings. The highest BCUT2D eigenvalue weighted by Gasteiger charge is 2.15. The van der Waals surface area contributed by atoms with Gasteiger partial charge in [-0.2, -0.15) is 15.0 Å². The molecule has 0 radical (unpaired) electrons. The van der Waals surface area contributed by atoms with Gasteiger partial charge in [-0.1, -0.05) is 0 Å². The Labute approximate surface area is 122 Å². The van der Waals surface area contributed by atoms with Crippen LogP contribution >= 0.6 is 0 Å². The van der Waals surface area contributed by atoms with Gasteiger partial charge in [0.2, 0.25) is 11.9 Å². The Morgan fingerprint density at radius 3 is 2.38 bits per heavy atom. The van der Waals surface area contributed by atoms with E-state index < -0.39 is 11.6 Å². The van der Waals surface area contributed by atoms with E-state index in [0.717, 1.165) is 19.2 Å². The maximum Gasteiger partial charge on any atom is 0.230 e. The normalized spacial score (nSPS) is 10.5. The second kappa shape index (κ2) is 6.43. The van der Waals surface area contributed by atoms with Crippen LogP contribution in [-0.4, -0.2) is 35.1 Å². The molecule has 0 aliphatic heterocycles. The first kappa shape index (κ1) is 15.1. The fraction of sp³-hybridized carbons (Fsp3) is 0.357. The van der Waals surface area contributed by atoms with Gasteiger partial charge in [0, 0.05) is 26.2 Å². The predicted octanol–water partition coefficient (Wildman–Crippen LogP) is 2.70. The maximum absolute atomic E-state index is 13.9. The molecular weight excluding hydrogens is 276 g/mol. The largest absolute Gasteiger partial charge is 0.357 e. The van der Waals surface area contributed by atoms with E-state index in [0.29, 0.717) is 11.9 Å². The summed E-state index contributed by atoms with van der Waals surface area (Å²) in [6.45, 7) is 5.39. The average Bonchev–Trinajstić information content (AvgIpc) is 2.48. The highest BCUT2D eigenvalue weighted by molar-refractivity contribution is 5.59. The van der Waals surface area contributed by atoms with Gasteiger partial charge in [-0.25, -0.2) is 8.78 Å². The Morgan fingerprint density at radius 1 is 1.10 bits per heavy atom. The third-order valence-electron chi connectivity index (χ3n) is 3.07. The molecule has 1 N–H and O–H groups in total. The van der Waals surface area contributed by atoms with E-state index in [2.05, 4.69) is 20.3 Å². The van der Waals surface area contributed by atoms with Gasteiger partial charge in [0.1, 0.15) is 11.6 Å². The zero-order valence-corrected chi connectivity index (χ0v) is 12.2. The molecular formula is C14H17F2N5. The Hall–Kier alpha value is -2.31. The van der Waals surface area contributed by atoms with Crippen molar-refractivity contribution in [1.82, 2.24) is 15.0 Å². The second-order valence-corrected chi connectivity index (χ2v) is 4.33. The minimum absolute atomic E-state index is 0.142. The first-order valence-electron chi connectivity index (χ1n) is 6.73. The van der Waals surface area contributed by atoms with Crippen LogP contribution in [0.15, 0.2) is 18.2 Å². The Bertz CT molecular complexity index is 629. The number of hydrogen-bond donors (Lipinski definition) is 1. The van der Waals surface area contributed by atoms with Crippen molar-refractivity contribution < 1.29 is 8.78 Å². The van der Waals surface area contributed by atoms with Crippen LogP contribution in [0.3, 0.4) is 0 Å². The average molecular weight is 293 g/mol. The molecule has 112 valence electrons. The van der Waals surface area contributed by atoms with E-state index in [1.807, 2.05) is 18.7 Å². The molecule has 0 aliphatic carbocycles. The van der Waals surface area contributed by atoms with Crippen molar-refractivity contribution in [3.8, 4) is 11.4 Å². The molecule has 1 aromatic carbocycles. The SMILES string of the molecule is CCN(CC)c1nc(NC)nc(-c2ccc(F)cc2F)n1. The first-order chi connectivity index (χ1) is 10.1. The number of aromatic nitrogens is 3. The minimum Gasteiger partial charge on any atom is -0.357 e. The molecule has 0 unspecified atom stereocenters. The molecule has 0 saturated heterocycles. The molecule has 0 aliphatic rings. The van der Waals surface area contributed by atoms with Gasteiger partial charge in [-0.3, -0.25) is 0 Å². The number of rotatable bonds is 5. The fourth-order valence-corrected chi connectivity index (χ4v) is 1.92. The van der Waals surface area contributed by atoms with Crippen LogP contribution < -0.4 is 10.2 Å². The Balaban J connectivity index is 2.55. The van der Waals surface area contributed by atoms with Crippen LogP contribution in [0.25, 0.3) is 11.4 Å². The van der Waals surface area contributed by atoms with Crippen LogP contribution in [0, 0.1) is 11.6 Å². The number of anilines is 2. The van der Waals surface area contributed by atoms with Crippen molar-refractivity contribution in [2.45, 2.75) is 13.8 Å². The molecule has 1 heterocycles. The van der Waals surface area contributed by atoms with E-state index in [1.54, 1.807) is 7.05 Å². The van der Waals surface area contributed by atoms with Gasteiger partial charge in [0.05, 0.1) is 5.56 Å². The molecule has 0 fully saturated rings. The molecule has 1 aromatic heterocycles. The van der Waals surface area contributed by atoms with Crippen LogP contribution in [0.1, 0.15) is 13.8 Å². The lowest BCUT2D eigenvalue weighted by Crippen LogP contribution is -2.25. The topological polar surface area (TPSA) is 53.9 Å². The second-order valence-electron chi connectivity index (χ2n) is 4.33. The van der Waals surface area contributed by atoms with Crippen LogP contribution in [0.5, 0.6) is 0 Å². The summed E-state index contributed by atoms with van der Waals surface area (Å²) >= 11 is 0. The van der Waals surface area contributed by atoms with Crippen molar-refractivity contribution in [3.63, 3.8) is 0 Å². The number of hydrogen-bond acceptors (Lipinski definition) is 5. The number of halogens is 2. The molecule has 0 atom stereocenters. The quantitative estimate of drug-likeness (QED) is 0.918. The van der Waals surface area contributed by atoms with E-state index in [1.165, 1.54) is 12.1 Å². The molecule has 2 rings (SSSR count). The van der Waals surface area contributed by atoms with E-state index >= 15 is 0 Å². The lowest BCUT2D eigenvalue weighted by atomic mass is 10.2. The van der Waals surface area contributed by atoms with Crippen molar-refractivity contribution in [2.75, 3.05) is 30.4 Å². The molecule has 5 nitrogen and oxygen atoms in total. The monoisotopic (exact) mass is 293 g/mol. The molecule has 7 heteroatoms. The minimum atomic E-state index is -0.700. The highest BCUT2D eigenvalue weighted by Crippen LogP contribution is 2.23. The summed E-state index contributed by atoms with van der Waals surface area (Å²) in [5, 5.41) is 2.83. The molecule has 21 heavy (non-hydrogen) atoms. The van der Waals surface area contributed by atoms with Crippen molar-refractivity contribution in [2.24, 2.45) is 0 Å². The van der Waals surface area contributed by atoms with Crippen LogP contribution in [0.4, 0.5) is 20.7 Å². The summed E-state index contributed by atoms with van der Waals surface area (Å²) in [6.07, 6.45) is 0. The summed E-state index contributed by atoms with van der Waals surface area (Å²) in [7, 11) is 1.67. The van der Waals surface area contributed by atoms with E-state index in [4.69, 9.17) is 0 Å². The van der Waals surface area contributed by atoms with E-state index in [9.17, 15) is 8.78 Å². The standard InChI is InChI=1S/C14H17F2N5/c1-4-21(5-2)14-19-12(18-13(17-3)20-14)10-7-6-9(15)8-11(10)16/h6-8H,4-5H2,1-3H3,(H,17,18,19,20). The summed E-state index contributed by atoms with van der Waals surface area (Å²) in [6, 6.07) is 3.32. The van der Waals surface area contributed by atoms with Gasteiger partial charge >= 0.3 is 0 Å². The third kappa shape index (κ3) is 3.24. The van der Waals surface area contributed by atoms with Crippen molar-refractivity contribution in [3.05, 3.63) is 29.8 Å². The van der Waals surface area contributed by atoms with Gasteiger partial charge in [-0.05, 0) is 26.0 Å². The van der Waals surface area contributed by atoms with Crippen molar-refractivity contribution >= 4 is 11.9 Å².